The van der Waals surface area contributed by atoms with E-state index in [1.807, 2.05) is 26.0 Å². The fourth-order valence-corrected chi connectivity index (χ4v) is 3.00. The maximum atomic E-state index is 12.5. The van der Waals surface area contributed by atoms with Crippen molar-refractivity contribution >= 4 is 29.0 Å². The molecule has 0 bridgehead atoms. The van der Waals surface area contributed by atoms with Gasteiger partial charge in [-0.3, -0.25) is 14.2 Å². The van der Waals surface area contributed by atoms with E-state index in [4.69, 9.17) is 16.6 Å². The highest BCUT2D eigenvalue weighted by atomic mass is 32.1. The molecule has 7 heteroatoms. The van der Waals surface area contributed by atoms with Gasteiger partial charge >= 0.3 is 0 Å². The summed E-state index contributed by atoms with van der Waals surface area (Å²) in [6, 6.07) is 8.28. The molecule has 0 aliphatic heterocycles. The molecule has 0 aliphatic rings. The lowest BCUT2D eigenvalue weighted by Crippen LogP contribution is -2.27. The monoisotopic (exact) mass is 369 g/mol. The Morgan fingerprint density at radius 2 is 2.19 bits per heavy atom. The van der Waals surface area contributed by atoms with Gasteiger partial charge in [-0.15, -0.1) is 6.58 Å². The fourth-order valence-electron chi connectivity index (χ4n) is 2.73. The molecule has 0 radical (unpaired) electrons. The summed E-state index contributed by atoms with van der Waals surface area (Å²) < 4.78 is 7.25. The molecule has 0 saturated carbocycles. The average Bonchev–Trinajstić information content (AvgIpc) is 3.04. The second-order valence-corrected chi connectivity index (χ2v) is 6.43. The highest BCUT2D eigenvalue weighted by Crippen LogP contribution is 2.17. The van der Waals surface area contributed by atoms with Gasteiger partial charge in [0.05, 0.1) is 16.9 Å². The maximum Gasteiger partial charge on any atom is 0.262 e. The van der Waals surface area contributed by atoms with E-state index in [1.54, 1.807) is 24.3 Å². The zero-order valence-electron chi connectivity index (χ0n) is 14.5. The molecule has 1 aromatic carbocycles. The summed E-state index contributed by atoms with van der Waals surface area (Å²) >= 11 is 5.22. The molecule has 0 fully saturated rings. The number of allylic oxidation sites excluding steroid dienone is 1. The number of carbonyl (C=O) groups is 1. The number of fused-ring (bicyclic) bond motifs is 1. The van der Waals surface area contributed by atoms with Crippen molar-refractivity contribution in [3.63, 3.8) is 0 Å². The van der Waals surface area contributed by atoms with Crippen molar-refractivity contribution in [2.75, 3.05) is 0 Å². The minimum atomic E-state index is -0.272. The molecule has 1 unspecified atom stereocenters. The van der Waals surface area contributed by atoms with Gasteiger partial charge in [-0.1, -0.05) is 6.08 Å². The van der Waals surface area contributed by atoms with Crippen LogP contribution in [0.5, 0.6) is 0 Å². The molecule has 3 rings (SSSR count). The van der Waals surface area contributed by atoms with Gasteiger partial charge in [-0.05, 0) is 56.4 Å². The Balaban J connectivity index is 1.92. The Morgan fingerprint density at radius 1 is 1.42 bits per heavy atom. The largest absolute Gasteiger partial charge is 0.464 e. The van der Waals surface area contributed by atoms with E-state index in [1.165, 1.54) is 4.57 Å². The SMILES string of the molecule is C=CCn1c(=S)[nH]c2cc(C(=O)NC(C)c3ccc(C)o3)ccc2c1=O. The molecule has 6 nitrogen and oxygen atoms in total. The number of aromatic nitrogens is 2. The van der Waals surface area contributed by atoms with E-state index in [2.05, 4.69) is 16.9 Å². The van der Waals surface area contributed by atoms with E-state index in [-0.39, 0.29) is 17.5 Å². The molecule has 2 N–H and O–H groups in total. The molecule has 134 valence electrons. The Morgan fingerprint density at radius 3 is 2.85 bits per heavy atom. The third-order valence-electron chi connectivity index (χ3n) is 4.09. The first-order chi connectivity index (χ1) is 12.4. The van der Waals surface area contributed by atoms with Crippen molar-refractivity contribution in [3.8, 4) is 0 Å². The number of nitrogens with one attached hydrogen (secondary N) is 2. The van der Waals surface area contributed by atoms with E-state index in [9.17, 15) is 9.59 Å². The number of aryl methyl sites for hydroxylation is 1. The van der Waals surface area contributed by atoms with Crippen LogP contribution in [-0.4, -0.2) is 15.5 Å². The molecule has 3 aromatic rings. The molecule has 2 aromatic heterocycles. The lowest BCUT2D eigenvalue weighted by atomic mass is 10.1. The maximum absolute atomic E-state index is 12.5. The number of hydrogen-bond acceptors (Lipinski definition) is 4. The number of furan rings is 1. The van der Waals surface area contributed by atoms with Crippen LogP contribution in [0.15, 0.2) is 52.2 Å². The van der Waals surface area contributed by atoms with Crippen LogP contribution in [0.1, 0.15) is 34.8 Å². The number of H-pyrrole nitrogens is 1. The second-order valence-electron chi connectivity index (χ2n) is 6.04. The van der Waals surface area contributed by atoms with Crippen molar-refractivity contribution in [1.82, 2.24) is 14.9 Å². The van der Waals surface area contributed by atoms with Crippen LogP contribution >= 0.6 is 12.2 Å². The summed E-state index contributed by atoms with van der Waals surface area (Å²) in [6.45, 7) is 7.65. The third-order valence-corrected chi connectivity index (χ3v) is 4.41. The second kappa shape index (κ2) is 7.13. The van der Waals surface area contributed by atoms with Gasteiger partial charge in [0.2, 0.25) is 0 Å². The Bertz CT molecular complexity index is 1110. The smallest absolute Gasteiger partial charge is 0.262 e. The first-order valence-electron chi connectivity index (χ1n) is 8.15. The zero-order valence-corrected chi connectivity index (χ0v) is 15.4. The number of carbonyl (C=O) groups excluding carboxylic acids is 1. The summed E-state index contributed by atoms with van der Waals surface area (Å²) in [5, 5.41) is 3.35. The molecule has 1 amide bonds. The molecule has 0 saturated heterocycles. The van der Waals surface area contributed by atoms with Crippen LogP contribution in [0.25, 0.3) is 10.9 Å². The van der Waals surface area contributed by atoms with E-state index < -0.39 is 0 Å². The van der Waals surface area contributed by atoms with Gasteiger partial charge in [0, 0.05) is 12.1 Å². The van der Waals surface area contributed by atoms with Crippen molar-refractivity contribution in [2.24, 2.45) is 0 Å². The Kier molecular flexibility index (Phi) is 4.90. The molecular formula is C19H19N3O3S. The third kappa shape index (κ3) is 3.39. The van der Waals surface area contributed by atoms with Crippen LogP contribution in [0.2, 0.25) is 0 Å². The van der Waals surface area contributed by atoms with Gasteiger partial charge in [0.25, 0.3) is 11.5 Å². The number of rotatable bonds is 5. The number of aromatic amines is 1. The highest BCUT2D eigenvalue weighted by molar-refractivity contribution is 7.71. The first kappa shape index (κ1) is 17.9. The number of nitrogens with zero attached hydrogens (tertiary/aromatic N) is 1. The van der Waals surface area contributed by atoms with Crippen molar-refractivity contribution < 1.29 is 9.21 Å². The molecule has 1 atom stereocenters. The number of benzene rings is 1. The van der Waals surface area contributed by atoms with Gasteiger partial charge < -0.3 is 14.7 Å². The topological polar surface area (TPSA) is 80.0 Å². The van der Waals surface area contributed by atoms with Gasteiger partial charge in [-0.2, -0.15) is 0 Å². The summed E-state index contributed by atoms with van der Waals surface area (Å²) in [6.07, 6.45) is 1.61. The van der Waals surface area contributed by atoms with Crippen molar-refractivity contribution in [2.45, 2.75) is 26.4 Å². The van der Waals surface area contributed by atoms with E-state index >= 15 is 0 Å². The van der Waals surface area contributed by atoms with Crippen molar-refractivity contribution in [1.29, 1.82) is 0 Å². The van der Waals surface area contributed by atoms with Gasteiger partial charge in [-0.25, -0.2) is 0 Å². The molecular weight excluding hydrogens is 350 g/mol. The molecule has 2 heterocycles. The average molecular weight is 369 g/mol. The number of hydrogen-bond donors (Lipinski definition) is 2. The lowest BCUT2D eigenvalue weighted by molar-refractivity contribution is 0.0935. The Labute approximate surface area is 155 Å². The normalized spacial score (nSPS) is 12.1. The minimum Gasteiger partial charge on any atom is -0.464 e. The number of amides is 1. The highest BCUT2D eigenvalue weighted by Gasteiger charge is 2.15. The predicted octanol–water partition coefficient (Wildman–Crippen LogP) is 3.64. The first-order valence-corrected chi connectivity index (χ1v) is 8.56. The van der Waals surface area contributed by atoms with Crippen molar-refractivity contribution in [3.05, 3.63) is 75.2 Å². The predicted molar refractivity (Wildman–Crippen MR) is 103 cm³/mol. The quantitative estimate of drug-likeness (QED) is 0.532. The summed E-state index contributed by atoms with van der Waals surface area (Å²) in [7, 11) is 0. The molecule has 26 heavy (non-hydrogen) atoms. The van der Waals surface area contributed by atoms with Crippen LogP contribution in [-0.2, 0) is 6.54 Å². The van der Waals surface area contributed by atoms with Gasteiger partial charge in [0.15, 0.2) is 4.77 Å². The van der Waals surface area contributed by atoms with Crippen LogP contribution in [0.4, 0.5) is 0 Å². The molecule has 0 aliphatic carbocycles. The standard InChI is InChI=1S/C19H19N3O3S/c1-4-9-22-18(24)14-7-6-13(10-15(14)21-19(22)26)17(23)20-12(3)16-8-5-11(2)25-16/h4-8,10,12H,1,9H2,2-3H3,(H,20,23)(H,21,26). The summed E-state index contributed by atoms with van der Waals surface area (Å²) in [5.74, 6) is 1.21. The summed E-state index contributed by atoms with van der Waals surface area (Å²) in [5.41, 5.74) is 0.739. The van der Waals surface area contributed by atoms with Gasteiger partial charge in [0.1, 0.15) is 11.5 Å². The van der Waals surface area contributed by atoms with Crippen LogP contribution in [0.3, 0.4) is 0 Å². The van der Waals surface area contributed by atoms with Crippen LogP contribution < -0.4 is 10.9 Å². The van der Waals surface area contributed by atoms with E-state index in [0.29, 0.717) is 33.5 Å². The zero-order chi connectivity index (χ0) is 18.8. The summed E-state index contributed by atoms with van der Waals surface area (Å²) in [4.78, 5) is 28.0. The van der Waals surface area contributed by atoms with E-state index in [0.717, 1.165) is 5.76 Å². The Hall–Kier alpha value is -2.93. The molecule has 0 spiro atoms. The minimum absolute atomic E-state index is 0.213. The fraction of sp³-hybridized carbons (Fsp3) is 0.211. The van der Waals surface area contributed by atoms with Crippen LogP contribution in [0, 0.1) is 11.7 Å². The lowest BCUT2D eigenvalue weighted by Gasteiger charge is -2.12.